The van der Waals surface area contributed by atoms with Crippen molar-refractivity contribution in [1.29, 1.82) is 0 Å². The van der Waals surface area contributed by atoms with Crippen LogP contribution in [0.5, 0.6) is 5.88 Å². The minimum absolute atomic E-state index is 0.0247. The van der Waals surface area contributed by atoms with E-state index in [2.05, 4.69) is 4.98 Å². The second-order valence-electron chi connectivity index (χ2n) is 5.53. The minimum atomic E-state index is -0.271. The van der Waals surface area contributed by atoms with E-state index in [1.165, 1.54) is 0 Å². The van der Waals surface area contributed by atoms with Crippen LogP contribution in [0.4, 0.5) is 4.79 Å². The Bertz CT molecular complexity index is 643. The van der Waals surface area contributed by atoms with E-state index in [0.717, 1.165) is 24.0 Å². The van der Waals surface area contributed by atoms with Crippen molar-refractivity contribution >= 4 is 6.09 Å². The molecular formula is C18H20N2O3. The number of likely N-dealkylation sites (tertiary alicyclic amines) is 1. The fraction of sp³-hybridized carbons (Fsp3) is 0.333. The van der Waals surface area contributed by atoms with Crippen LogP contribution in [0, 0.1) is 0 Å². The first-order valence-corrected chi connectivity index (χ1v) is 7.75. The highest BCUT2D eigenvalue weighted by atomic mass is 16.6. The Labute approximate surface area is 135 Å². The van der Waals surface area contributed by atoms with Gasteiger partial charge < -0.3 is 14.4 Å². The summed E-state index contributed by atoms with van der Waals surface area (Å²) in [7, 11) is 1.59. The lowest BCUT2D eigenvalue weighted by atomic mass is 10.1. The number of benzene rings is 1. The summed E-state index contributed by atoms with van der Waals surface area (Å²) in [6.45, 7) is 1.01. The molecule has 2 aromatic rings. The maximum Gasteiger partial charge on any atom is 0.410 e. The van der Waals surface area contributed by atoms with Crippen LogP contribution in [-0.2, 0) is 11.3 Å². The van der Waals surface area contributed by atoms with Gasteiger partial charge in [-0.1, -0.05) is 36.4 Å². The van der Waals surface area contributed by atoms with Gasteiger partial charge in [0, 0.05) is 18.8 Å². The van der Waals surface area contributed by atoms with Gasteiger partial charge in [0.05, 0.1) is 13.2 Å². The molecule has 1 aliphatic heterocycles. The molecule has 0 bridgehead atoms. The van der Waals surface area contributed by atoms with Crippen molar-refractivity contribution < 1.29 is 14.3 Å². The summed E-state index contributed by atoms with van der Waals surface area (Å²) in [4.78, 5) is 18.4. The van der Waals surface area contributed by atoms with E-state index in [-0.39, 0.29) is 12.1 Å². The minimum Gasteiger partial charge on any atom is -0.481 e. The lowest BCUT2D eigenvalue weighted by Gasteiger charge is -2.24. The first kappa shape index (κ1) is 15.3. The molecule has 1 aromatic carbocycles. The molecule has 2 heterocycles. The molecule has 0 N–H and O–H groups in total. The number of pyridine rings is 1. The van der Waals surface area contributed by atoms with Crippen LogP contribution < -0.4 is 4.74 Å². The third kappa shape index (κ3) is 3.62. The van der Waals surface area contributed by atoms with Crippen molar-refractivity contribution in [2.45, 2.75) is 25.5 Å². The highest BCUT2D eigenvalue weighted by Crippen LogP contribution is 2.32. The number of hydrogen-bond acceptors (Lipinski definition) is 4. The van der Waals surface area contributed by atoms with Crippen LogP contribution in [0.1, 0.15) is 30.0 Å². The first-order valence-electron chi connectivity index (χ1n) is 7.75. The molecule has 1 unspecified atom stereocenters. The largest absolute Gasteiger partial charge is 0.481 e. The second-order valence-corrected chi connectivity index (χ2v) is 5.53. The highest BCUT2D eigenvalue weighted by Gasteiger charge is 2.31. The standard InChI is InChI=1S/C18H20N2O3/c1-22-17-10-9-15(12-19-17)16-8-5-11-20(16)18(21)23-13-14-6-3-2-4-7-14/h2-4,6-7,9-10,12,16H,5,8,11,13H2,1H3. The fourth-order valence-corrected chi connectivity index (χ4v) is 2.84. The van der Waals surface area contributed by atoms with Crippen molar-refractivity contribution in [3.8, 4) is 5.88 Å². The maximum absolute atomic E-state index is 12.4. The molecule has 1 aliphatic rings. The average Bonchev–Trinajstić information content (AvgIpc) is 3.10. The lowest BCUT2D eigenvalue weighted by Crippen LogP contribution is -2.31. The molecule has 23 heavy (non-hydrogen) atoms. The molecule has 1 atom stereocenters. The van der Waals surface area contributed by atoms with E-state index in [9.17, 15) is 4.79 Å². The summed E-state index contributed by atoms with van der Waals surface area (Å²) in [6, 6.07) is 13.5. The van der Waals surface area contributed by atoms with E-state index >= 15 is 0 Å². The van der Waals surface area contributed by atoms with E-state index in [1.54, 1.807) is 18.2 Å². The number of hydrogen-bond donors (Lipinski definition) is 0. The summed E-state index contributed by atoms with van der Waals surface area (Å²) in [5.74, 6) is 0.574. The Morgan fingerprint density at radius 3 is 2.78 bits per heavy atom. The number of carbonyl (C=O) groups is 1. The predicted octanol–water partition coefficient (Wildman–Crippen LogP) is 3.56. The summed E-state index contributed by atoms with van der Waals surface area (Å²) < 4.78 is 10.5. The normalized spacial score (nSPS) is 17.1. The summed E-state index contributed by atoms with van der Waals surface area (Å²) in [6.07, 6.45) is 3.39. The van der Waals surface area contributed by atoms with Crippen LogP contribution in [0.25, 0.3) is 0 Å². The van der Waals surface area contributed by atoms with E-state index in [4.69, 9.17) is 9.47 Å². The molecular weight excluding hydrogens is 292 g/mol. The van der Waals surface area contributed by atoms with Crippen LogP contribution in [0.15, 0.2) is 48.7 Å². The number of methoxy groups -OCH3 is 1. The smallest absolute Gasteiger partial charge is 0.410 e. The fourth-order valence-electron chi connectivity index (χ4n) is 2.84. The molecule has 0 radical (unpaired) electrons. The van der Waals surface area contributed by atoms with Gasteiger partial charge in [0.15, 0.2) is 0 Å². The molecule has 1 aromatic heterocycles. The predicted molar refractivity (Wildman–Crippen MR) is 86.1 cm³/mol. The van der Waals surface area contributed by atoms with Gasteiger partial charge in [-0.2, -0.15) is 0 Å². The van der Waals surface area contributed by atoms with Crippen LogP contribution in [-0.4, -0.2) is 29.6 Å². The highest BCUT2D eigenvalue weighted by molar-refractivity contribution is 5.68. The molecule has 1 saturated heterocycles. The molecule has 0 aliphatic carbocycles. The number of ether oxygens (including phenoxy) is 2. The summed E-state index contributed by atoms with van der Waals surface area (Å²) in [5, 5.41) is 0. The topological polar surface area (TPSA) is 51.7 Å². The quantitative estimate of drug-likeness (QED) is 0.866. The summed E-state index contributed by atoms with van der Waals surface area (Å²) in [5.41, 5.74) is 2.00. The third-order valence-corrected chi connectivity index (χ3v) is 4.05. The maximum atomic E-state index is 12.4. The Hall–Kier alpha value is -2.56. The van der Waals surface area contributed by atoms with Gasteiger partial charge in [-0.25, -0.2) is 9.78 Å². The van der Waals surface area contributed by atoms with Gasteiger partial charge >= 0.3 is 6.09 Å². The summed E-state index contributed by atoms with van der Waals surface area (Å²) >= 11 is 0. The van der Waals surface area contributed by atoms with Gasteiger partial charge in [0.25, 0.3) is 0 Å². The molecule has 3 rings (SSSR count). The molecule has 5 nitrogen and oxygen atoms in total. The molecule has 120 valence electrons. The first-order chi connectivity index (χ1) is 11.3. The zero-order valence-corrected chi connectivity index (χ0v) is 13.1. The monoisotopic (exact) mass is 312 g/mol. The SMILES string of the molecule is COc1ccc(C2CCCN2C(=O)OCc2ccccc2)cn1. The number of carbonyl (C=O) groups excluding carboxylic acids is 1. The zero-order valence-electron chi connectivity index (χ0n) is 13.1. The van der Waals surface area contributed by atoms with E-state index in [1.807, 2.05) is 42.5 Å². The van der Waals surface area contributed by atoms with E-state index in [0.29, 0.717) is 19.0 Å². The molecule has 0 saturated carbocycles. The molecule has 1 amide bonds. The number of aromatic nitrogens is 1. The van der Waals surface area contributed by atoms with Crippen molar-refractivity contribution in [2.75, 3.05) is 13.7 Å². The Balaban J connectivity index is 1.64. The van der Waals surface area contributed by atoms with Crippen molar-refractivity contribution in [3.05, 3.63) is 59.8 Å². The van der Waals surface area contributed by atoms with Gasteiger partial charge in [-0.05, 0) is 24.0 Å². The second kappa shape index (κ2) is 7.13. The lowest BCUT2D eigenvalue weighted by molar-refractivity contribution is 0.0920. The third-order valence-electron chi connectivity index (χ3n) is 4.05. The number of nitrogens with zero attached hydrogens (tertiary/aromatic N) is 2. The van der Waals surface area contributed by atoms with Crippen molar-refractivity contribution in [3.63, 3.8) is 0 Å². The zero-order chi connectivity index (χ0) is 16.1. The van der Waals surface area contributed by atoms with Crippen LogP contribution >= 0.6 is 0 Å². The number of amides is 1. The van der Waals surface area contributed by atoms with E-state index < -0.39 is 0 Å². The Kier molecular flexibility index (Phi) is 4.76. The molecule has 0 spiro atoms. The Morgan fingerprint density at radius 1 is 1.26 bits per heavy atom. The molecule has 5 heteroatoms. The van der Waals surface area contributed by atoms with Crippen molar-refractivity contribution in [2.24, 2.45) is 0 Å². The van der Waals surface area contributed by atoms with Crippen LogP contribution in [0.3, 0.4) is 0 Å². The Morgan fingerprint density at radius 2 is 2.09 bits per heavy atom. The number of rotatable bonds is 4. The molecule has 1 fully saturated rings. The van der Waals surface area contributed by atoms with Crippen LogP contribution in [0.2, 0.25) is 0 Å². The average molecular weight is 312 g/mol. The van der Waals surface area contributed by atoms with Gasteiger partial charge in [-0.3, -0.25) is 0 Å². The van der Waals surface area contributed by atoms with Crippen molar-refractivity contribution in [1.82, 2.24) is 9.88 Å². The van der Waals surface area contributed by atoms with Gasteiger partial charge in [0.1, 0.15) is 6.61 Å². The van der Waals surface area contributed by atoms with Gasteiger partial charge in [0.2, 0.25) is 5.88 Å². The van der Waals surface area contributed by atoms with Gasteiger partial charge in [-0.15, -0.1) is 0 Å².